The number of primary amides is 1. The van der Waals surface area contributed by atoms with Crippen molar-refractivity contribution >= 4 is 16.7 Å². The highest BCUT2D eigenvalue weighted by Gasteiger charge is 2.09. The lowest BCUT2D eigenvalue weighted by Gasteiger charge is -2.13. The maximum absolute atomic E-state index is 11.2. The van der Waals surface area contributed by atoms with Crippen LogP contribution in [0.15, 0.2) is 72.9 Å². The third-order valence-corrected chi connectivity index (χ3v) is 5.19. The van der Waals surface area contributed by atoms with Crippen LogP contribution in [0.25, 0.3) is 10.8 Å². The quantitative estimate of drug-likeness (QED) is 0.443. The summed E-state index contributed by atoms with van der Waals surface area (Å²) >= 11 is 0. The van der Waals surface area contributed by atoms with E-state index in [1.54, 1.807) is 6.20 Å². The zero-order valence-electron chi connectivity index (χ0n) is 16.8. The number of hydrogen-bond acceptors (Lipinski definition) is 3. The van der Waals surface area contributed by atoms with Gasteiger partial charge >= 0.3 is 0 Å². The zero-order chi connectivity index (χ0) is 20.8. The minimum absolute atomic E-state index is 0.306. The van der Waals surface area contributed by atoms with Gasteiger partial charge in [-0.2, -0.15) is 5.10 Å². The largest absolute Gasteiger partial charge is 0.493 e. The van der Waals surface area contributed by atoms with Crippen molar-refractivity contribution in [3.63, 3.8) is 0 Å². The summed E-state index contributed by atoms with van der Waals surface area (Å²) in [5.41, 5.74) is 9.75. The van der Waals surface area contributed by atoms with E-state index in [1.807, 2.05) is 12.1 Å². The van der Waals surface area contributed by atoms with E-state index in [9.17, 15) is 4.79 Å². The number of carbonyl (C=O) groups excluding carboxylic acids is 1. The Morgan fingerprint density at radius 3 is 2.57 bits per heavy atom. The van der Waals surface area contributed by atoms with E-state index in [2.05, 4.69) is 64.8 Å². The van der Waals surface area contributed by atoms with Crippen molar-refractivity contribution in [3.8, 4) is 5.75 Å². The Hall–Kier alpha value is -3.60. The van der Waals surface area contributed by atoms with Gasteiger partial charge in [-0.1, -0.05) is 54.6 Å². The topological polar surface area (TPSA) is 81.0 Å². The average molecular weight is 399 g/mol. The molecule has 0 aliphatic carbocycles. The van der Waals surface area contributed by atoms with Crippen LogP contribution in [-0.2, 0) is 24.1 Å². The van der Waals surface area contributed by atoms with Gasteiger partial charge in [0.15, 0.2) is 0 Å². The summed E-state index contributed by atoms with van der Waals surface area (Å²) in [6, 6.07) is 23.0. The summed E-state index contributed by atoms with van der Waals surface area (Å²) in [4.78, 5) is 11.2. The molecule has 0 aliphatic rings. The number of aromatic nitrogens is 2. The predicted octanol–water partition coefficient (Wildman–Crippen LogP) is 4.19. The van der Waals surface area contributed by atoms with Gasteiger partial charge in [-0.15, -0.1) is 0 Å². The van der Waals surface area contributed by atoms with E-state index < -0.39 is 0 Å². The second-order valence-corrected chi connectivity index (χ2v) is 7.45. The van der Waals surface area contributed by atoms with E-state index in [-0.39, 0.29) is 5.91 Å². The molecule has 5 nitrogen and oxygen atoms in total. The number of ether oxygens (including phenoxy) is 1. The van der Waals surface area contributed by atoms with Crippen molar-refractivity contribution in [2.75, 3.05) is 6.61 Å². The fourth-order valence-corrected chi connectivity index (χ4v) is 3.58. The molecule has 0 saturated carbocycles. The molecule has 30 heavy (non-hydrogen) atoms. The third-order valence-electron chi connectivity index (χ3n) is 5.19. The smallest absolute Gasteiger partial charge is 0.217 e. The second kappa shape index (κ2) is 9.27. The maximum Gasteiger partial charge on any atom is 0.217 e. The fourth-order valence-electron chi connectivity index (χ4n) is 3.58. The zero-order valence-corrected chi connectivity index (χ0v) is 16.8. The molecule has 152 valence electrons. The molecule has 0 bridgehead atoms. The molecule has 5 heteroatoms. The Labute approximate surface area is 175 Å². The molecule has 4 rings (SSSR count). The van der Waals surface area contributed by atoms with Gasteiger partial charge in [0.2, 0.25) is 5.91 Å². The number of nitrogens with zero attached hydrogens (tertiary/aromatic N) is 1. The van der Waals surface area contributed by atoms with E-state index in [0.717, 1.165) is 35.4 Å². The summed E-state index contributed by atoms with van der Waals surface area (Å²) in [6.45, 7) is 0.565. The van der Waals surface area contributed by atoms with Crippen LogP contribution in [-0.4, -0.2) is 22.7 Å². The number of aromatic amines is 1. The summed E-state index contributed by atoms with van der Waals surface area (Å²) in [5.74, 6) is 0.507. The first kappa shape index (κ1) is 19.7. The lowest BCUT2D eigenvalue weighted by Crippen LogP contribution is -2.12. The van der Waals surface area contributed by atoms with Crippen LogP contribution in [0.2, 0.25) is 0 Å². The van der Waals surface area contributed by atoms with E-state index in [4.69, 9.17) is 10.5 Å². The number of amides is 1. The number of nitrogens with one attached hydrogen (secondary N) is 1. The number of H-pyrrole nitrogens is 1. The van der Waals surface area contributed by atoms with Gasteiger partial charge in [0.05, 0.1) is 6.61 Å². The van der Waals surface area contributed by atoms with Crippen molar-refractivity contribution in [1.29, 1.82) is 0 Å². The fraction of sp³-hybridized carbons (Fsp3) is 0.200. The van der Waals surface area contributed by atoms with Crippen molar-refractivity contribution in [2.45, 2.75) is 25.7 Å². The highest BCUT2D eigenvalue weighted by Crippen LogP contribution is 2.24. The van der Waals surface area contributed by atoms with Crippen molar-refractivity contribution in [3.05, 3.63) is 95.3 Å². The van der Waals surface area contributed by atoms with Gasteiger partial charge in [0.1, 0.15) is 5.75 Å². The maximum atomic E-state index is 11.2. The molecule has 1 amide bonds. The number of nitrogens with two attached hydrogens (primary N) is 1. The minimum atomic E-state index is -0.307. The van der Waals surface area contributed by atoms with Crippen LogP contribution in [0.1, 0.15) is 28.8 Å². The van der Waals surface area contributed by atoms with Gasteiger partial charge < -0.3 is 10.5 Å². The third kappa shape index (κ3) is 5.06. The molecule has 0 atom stereocenters. The Morgan fingerprint density at radius 1 is 0.933 bits per heavy atom. The van der Waals surface area contributed by atoms with Crippen LogP contribution < -0.4 is 10.5 Å². The van der Waals surface area contributed by atoms with Crippen LogP contribution in [0.4, 0.5) is 0 Å². The highest BCUT2D eigenvalue weighted by atomic mass is 16.5. The Kier molecular flexibility index (Phi) is 6.09. The molecule has 0 saturated heterocycles. The average Bonchev–Trinajstić information content (AvgIpc) is 3.26. The van der Waals surface area contributed by atoms with Gasteiger partial charge in [-0.25, -0.2) is 0 Å². The molecule has 4 aromatic rings. The summed E-state index contributed by atoms with van der Waals surface area (Å²) in [5, 5.41) is 9.46. The molecule has 1 heterocycles. The lowest BCUT2D eigenvalue weighted by atomic mass is 10.0. The van der Waals surface area contributed by atoms with Crippen LogP contribution in [0.3, 0.4) is 0 Å². The first-order valence-electron chi connectivity index (χ1n) is 10.2. The molecule has 3 N–H and O–H groups in total. The minimum Gasteiger partial charge on any atom is -0.493 e. The molecule has 0 spiro atoms. The van der Waals surface area contributed by atoms with Crippen molar-refractivity contribution in [2.24, 2.45) is 5.73 Å². The van der Waals surface area contributed by atoms with Crippen LogP contribution >= 0.6 is 0 Å². The molecule has 0 unspecified atom stereocenters. The monoisotopic (exact) mass is 399 g/mol. The van der Waals surface area contributed by atoms with Gasteiger partial charge in [-0.05, 0) is 46.0 Å². The van der Waals surface area contributed by atoms with E-state index in [1.165, 1.54) is 16.3 Å². The van der Waals surface area contributed by atoms with E-state index in [0.29, 0.717) is 19.4 Å². The molecule has 1 aromatic heterocycles. The number of benzene rings is 3. The van der Waals surface area contributed by atoms with E-state index >= 15 is 0 Å². The molecule has 0 radical (unpaired) electrons. The summed E-state index contributed by atoms with van der Waals surface area (Å²) in [6.07, 6.45) is 4.19. The first-order chi connectivity index (χ1) is 14.7. The second-order valence-electron chi connectivity index (χ2n) is 7.45. The van der Waals surface area contributed by atoms with Crippen molar-refractivity contribution < 1.29 is 9.53 Å². The normalized spacial score (nSPS) is 10.9. The van der Waals surface area contributed by atoms with Crippen LogP contribution in [0, 0.1) is 0 Å². The molecular formula is C25H25N3O2. The number of fused-ring (bicyclic) bond motifs is 1. The standard InChI is InChI=1S/C25H25N3O2/c26-25(29)10-9-21-8-6-19(16-23-11-13-27-28-23)17-24(21)30-14-12-18-5-7-20-3-1-2-4-22(20)15-18/h1-8,11,13,15,17H,9-10,12,14,16H2,(H2,26,29)(H,27,28). The Morgan fingerprint density at radius 2 is 1.77 bits per heavy atom. The van der Waals surface area contributed by atoms with Crippen LogP contribution in [0.5, 0.6) is 5.75 Å². The number of aryl methyl sites for hydroxylation is 1. The Bertz CT molecular complexity index is 1140. The highest BCUT2D eigenvalue weighted by molar-refractivity contribution is 5.83. The predicted molar refractivity (Wildman–Crippen MR) is 118 cm³/mol. The molecular weight excluding hydrogens is 374 g/mol. The SMILES string of the molecule is NC(=O)CCc1ccc(Cc2ccn[nH]2)cc1OCCc1ccc2ccccc2c1. The summed E-state index contributed by atoms with van der Waals surface area (Å²) in [7, 11) is 0. The van der Waals surface area contributed by atoms with Gasteiger partial charge in [0.25, 0.3) is 0 Å². The molecule has 0 fully saturated rings. The Balaban J connectivity index is 1.47. The van der Waals surface area contributed by atoms with Gasteiger partial charge in [0, 0.05) is 31.2 Å². The first-order valence-corrected chi connectivity index (χ1v) is 10.2. The molecule has 0 aliphatic heterocycles. The number of rotatable bonds is 9. The number of carbonyl (C=O) groups is 1. The summed E-state index contributed by atoms with van der Waals surface area (Å²) < 4.78 is 6.17. The molecule has 3 aromatic carbocycles. The lowest BCUT2D eigenvalue weighted by molar-refractivity contribution is -0.117. The number of hydrogen-bond donors (Lipinski definition) is 2. The van der Waals surface area contributed by atoms with Gasteiger partial charge in [-0.3, -0.25) is 9.89 Å². The van der Waals surface area contributed by atoms with Crippen molar-refractivity contribution in [1.82, 2.24) is 10.2 Å².